The van der Waals surface area contributed by atoms with Crippen molar-refractivity contribution in [2.24, 2.45) is 0 Å². The topological polar surface area (TPSA) is 49.4 Å². The van der Waals surface area contributed by atoms with Crippen molar-refractivity contribution in [2.75, 3.05) is 11.4 Å². The fraction of sp³-hybridized carbons (Fsp3) is 0.263. The zero-order valence-electron chi connectivity index (χ0n) is 13.5. The molecule has 1 fully saturated rings. The number of benzene rings is 2. The summed E-state index contributed by atoms with van der Waals surface area (Å²) in [7, 11) is 0. The lowest BCUT2D eigenvalue weighted by Crippen LogP contribution is -2.27. The van der Waals surface area contributed by atoms with Crippen LogP contribution in [0.1, 0.15) is 41.7 Å². The van der Waals surface area contributed by atoms with Gasteiger partial charge in [0.25, 0.3) is 5.91 Å². The lowest BCUT2D eigenvalue weighted by atomic mass is 10.1. The molecule has 0 saturated carbocycles. The van der Waals surface area contributed by atoms with E-state index < -0.39 is 0 Å². The van der Waals surface area contributed by atoms with E-state index in [0.717, 1.165) is 17.7 Å². The van der Waals surface area contributed by atoms with E-state index in [2.05, 4.69) is 5.32 Å². The van der Waals surface area contributed by atoms with Crippen molar-refractivity contribution >= 4 is 17.5 Å². The lowest BCUT2D eigenvalue weighted by Gasteiger charge is -2.18. The minimum absolute atomic E-state index is 0.0900. The molecule has 1 saturated heterocycles. The summed E-state index contributed by atoms with van der Waals surface area (Å²) in [6.45, 7) is 2.54. The van der Waals surface area contributed by atoms with Gasteiger partial charge in [-0.05, 0) is 49.2 Å². The van der Waals surface area contributed by atoms with Gasteiger partial charge in [-0.1, -0.05) is 18.2 Å². The predicted octanol–water partition coefficient (Wildman–Crippen LogP) is 3.44. The molecule has 0 aromatic heterocycles. The quantitative estimate of drug-likeness (QED) is 0.935. The fourth-order valence-corrected chi connectivity index (χ4v) is 2.85. The number of nitrogens with zero attached hydrogens (tertiary/aromatic N) is 1. The molecule has 0 unspecified atom stereocenters. The third-order valence-electron chi connectivity index (χ3n) is 4.21. The van der Waals surface area contributed by atoms with Gasteiger partial charge in [0, 0.05) is 24.2 Å². The maximum atomic E-state index is 13.0. The second kappa shape index (κ2) is 6.83. The first-order valence-corrected chi connectivity index (χ1v) is 8.01. The van der Waals surface area contributed by atoms with Gasteiger partial charge in [-0.15, -0.1) is 0 Å². The van der Waals surface area contributed by atoms with E-state index in [1.807, 2.05) is 13.0 Å². The average molecular weight is 326 g/mol. The molecule has 2 aromatic rings. The third kappa shape index (κ3) is 3.45. The molecule has 4 nitrogen and oxygen atoms in total. The van der Waals surface area contributed by atoms with Crippen LogP contribution in [0.2, 0.25) is 0 Å². The highest BCUT2D eigenvalue weighted by molar-refractivity contribution is 5.99. The van der Waals surface area contributed by atoms with Gasteiger partial charge in [-0.25, -0.2) is 4.39 Å². The molecule has 0 spiro atoms. The van der Waals surface area contributed by atoms with Gasteiger partial charge in [0.1, 0.15) is 5.82 Å². The number of rotatable bonds is 4. The maximum Gasteiger partial charge on any atom is 0.251 e. The Morgan fingerprint density at radius 1 is 1.21 bits per heavy atom. The molecule has 1 aliphatic rings. The first-order valence-electron chi connectivity index (χ1n) is 8.01. The third-order valence-corrected chi connectivity index (χ3v) is 4.21. The Balaban J connectivity index is 1.73. The van der Waals surface area contributed by atoms with Crippen LogP contribution in [0, 0.1) is 5.82 Å². The number of carbonyl (C=O) groups is 2. The molecule has 0 radical (unpaired) electrons. The SMILES string of the molecule is C[C@H](NC(=O)c1cccc(N2CCCC2=O)c1)c1ccc(F)cc1. The maximum absolute atomic E-state index is 13.0. The summed E-state index contributed by atoms with van der Waals surface area (Å²) in [6.07, 6.45) is 1.40. The molecule has 1 aliphatic heterocycles. The van der Waals surface area contributed by atoms with E-state index in [-0.39, 0.29) is 23.7 Å². The minimum atomic E-state index is -0.305. The summed E-state index contributed by atoms with van der Waals surface area (Å²) in [4.78, 5) is 26.0. The fourth-order valence-electron chi connectivity index (χ4n) is 2.85. The number of hydrogen-bond acceptors (Lipinski definition) is 2. The molecule has 0 bridgehead atoms. The van der Waals surface area contributed by atoms with Crippen LogP contribution >= 0.6 is 0 Å². The van der Waals surface area contributed by atoms with Crippen molar-refractivity contribution in [3.63, 3.8) is 0 Å². The molecular formula is C19H19FN2O2. The zero-order chi connectivity index (χ0) is 17.1. The van der Waals surface area contributed by atoms with Crippen molar-refractivity contribution in [2.45, 2.75) is 25.8 Å². The van der Waals surface area contributed by atoms with E-state index in [9.17, 15) is 14.0 Å². The van der Waals surface area contributed by atoms with E-state index in [0.29, 0.717) is 18.5 Å². The summed E-state index contributed by atoms with van der Waals surface area (Å²) in [6, 6.07) is 12.9. The predicted molar refractivity (Wildman–Crippen MR) is 90.3 cm³/mol. The largest absolute Gasteiger partial charge is 0.346 e. The van der Waals surface area contributed by atoms with Gasteiger partial charge < -0.3 is 10.2 Å². The summed E-state index contributed by atoms with van der Waals surface area (Å²) < 4.78 is 13.0. The lowest BCUT2D eigenvalue weighted by molar-refractivity contribution is -0.117. The first-order chi connectivity index (χ1) is 11.5. The number of halogens is 1. The molecule has 1 atom stereocenters. The van der Waals surface area contributed by atoms with Gasteiger partial charge in [0.2, 0.25) is 5.91 Å². The molecule has 1 N–H and O–H groups in total. The van der Waals surface area contributed by atoms with Gasteiger partial charge in [0.15, 0.2) is 0 Å². The molecule has 0 aliphatic carbocycles. The first kappa shape index (κ1) is 16.2. The molecule has 1 heterocycles. The van der Waals surface area contributed by atoms with Crippen LogP contribution < -0.4 is 10.2 Å². The van der Waals surface area contributed by atoms with Crippen molar-refractivity contribution < 1.29 is 14.0 Å². The molecule has 3 rings (SSSR count). The average Bonchev–Trinajstić information content (AvgIpc) is 3.01. The number of carbonyl (C=O) groups excluding carboxylic acids is 2. The summed E-state index contributed by atoms with van der Waals surface area (Å²) in [5.41, 5.74) is 2.08. The smallest absolute Gasteiger partial charge is 0.251 e. The van der Waals surface area contributed by atoms with Gasteiger partial charge >= 0.3 is 0 Å². The Morgan fingerprint density at radius 3 is 2.62 bits per heavy atom. The number of nitrogens with one attached hydrogen (secondary N) is 1. The molecular weight excluding hydrogens is 307 g/mol. The zero-order valence-corrected chi connectivity index (χ0v) is 13.5. The Hall–Kier alpha value is -2.69. The standard InChI is InChI=1S/C19H19FN2O2/c1-13(14-7-9-16(20)10-8-14)21-19(24)15-4-2-5-17(12-15)22-11-3-6-18(22)23/h2,4-5,7-10,12-13H,3,6,11H2,1H3,(H,21,24)/t13-/m0/s1. The van der Waals surface area contributed by atoms with Crippen LogP contribution in [-0.2, 0) is 4.79 Å². The normalized spacial score (nSPS) is 15.4. The highest BCUT2D eigenvalue weighted by atomic mass is 19.1. The van der Waals surface area contributed by atoms with Crippen molar-refractivity contribution in [3.8, 4) is 0 Å². The van der Waals surface area contributed by atoms with Crippen LogP contribution in [0.15, 0.2) is 48.5 Å². The molecule has 2 aromatic carbocycles. The Bertz CT molecular complexity index is 758. The van der Waals surface area contributed by atoms with E-state index >= 15 is 0 Å². The van der Waals surface area contributed by atoms with Crippen LogP contribution in [0.25, 0.3) is 0 Å². The van der Waals surface area contributed by atoms with Gasteiger partial charge in [-0.2, -0.15) is 0 Å². The summed E-state index contributed by atoms with van der Waals surface area (Å²) >= 11 is 0. The highest BCUT2D eigenvalue weighted by Gasteiger charge is 2.22. The second-order valence-electron chi connectivity index (χ2n) is 5.95. The Kier molecular flexibility index (Phi) is 4.60. The van der Waals surface area contributed by atoms with E-state index in [1.54, 1.807) is 35.2 Å². The summed E-state index contributed by atoms with van der Waals surface area (Å²) in [5.74, 6) is -0.437. The summed E-state index contributed by atoms with van der Waals surface area (Å²) in [5, 5.41) is 2.90. The van der Waals surface area contributed by atoms with Crippen LogP contribution in [0.3, 0.4) is 0 Å². The molecule has 124 valence electrons. The van der Waals surface area contributed by atoms with E-state index in [4.69, 9.17) is 0 Å². The van der Waals surface area contributed by atoms with Crippen molar-refractivity contribution in [1.82, 2.24) is 5.32 Å². The van der Waals surface area contributed by atoms with Crippen LogP contribution in [-0.4, -0.2) is 18.4 Å². The number of amides is 2. The van der Waals surface area contributed by atoms with Gasteiger partial charge in [-0.3, -0.25) is 9.59 Å². The van der Waals surface area contributed by atoms with Crippen molar-refractivity contribution in [3.05, 3.63) is 65.5 Å². The minimum Gasteiger partial charge on any atom is -0.346 e. The molecule has 2 amide bonds. The Morgan fingerprint density at radius 2 is 1.96 bits per heavy atom. The molecule has 24 heavy (non-hydrogen) atoms. The monoisotopic (exact) mass is 326 g/mol. The van der Waals surface area contributed by atoms with Crippen LogP contribution in [0.5, 0.6) is 0 Å². The number of anilines is 1. The number of hydrogen-bond donors (Lipinski definition) is 1. The van der Waals surface area contributed by atoms with Gasteiger partial charge in [0.05, 0.1) is 6.04 Å². The van der Waals surface area contributed by atoms with E-state index in [1.165, 1.54) is 12.1 Å². The Labute approximate surface area is 140 Å². The van der Waals surface area contributed by atoms with Crippen LogP contribution in [0.4, 0.5) is 10.1 Å². The molecule has 5 heteroatoms. The highest BCUT2D eigenvalue weighted by Crippen LogP contribution is 2.22. The van der Waals surface area contributed by atoms with Crippen molar-refractivity contribution in [1.29, 1.82) is 0 Å². The second-order valence-corrected chi connectivity index (χ2v) is 5.95.